The highest BCUT2D eigenvalue weighted by Crippen LogP contribution is 2.15. The van der Waals surface area contributed by atoms with Crippen molar-refractivity contribution < 1.29 is 14.7 Å². The van der Waals surface area contributed by atoms with Gasteiger partial charge in [0.2, 0.25) is 0 Å². The monoisotopic (exact) mass is 314 g/mol. The van der Waals surface area contributed by atoms with Crippen molar-refractivity contribution in [3.05, 3.63) is 28.7 Å². The maximum Gasteiger partial charge on any atom is 0.313 e. The Hall–Kier alpha value is -1.40. The summed E-state index contributed by atoms with van der Waals surface area (Å²) in [5.41, 5.74) is 0.541. The summed E-state index contributed by atoms with van der Waals surface area (Å²) in [4.78, 5) is 23.0. The fourth-order valence-corrected chi connectivity index (χ4v) is 1.57. The van der Waals surface area contributed by atoms with Gasteiger partial charge in [0.05, 0.1) is 0 Å². The second-order valence-corrected chi connectivity index (χ2v) is 4.88. The molecule has 98 valence electrons. The lowest BCUT2D eigenvalue weighted by Crippen LogP contribution is -2.38. The molecular weight excluding hydrogens is 300 g/mol. The highest BCUT2D eigenvalue weighted by atomic mass is 79.9. The van der Waals surface area contributed by atoms with E-state index in [0.717, 1.165) is 4.47 Å². The van der Waals surface area contributed by atoms with Crippen LogP contribution in [0.15, 0.2) is 28.7 Å². The maximum atomic E-state index is 11.5. The minimum atomic E-state index is -0.724. The number of amides is 2. The molecule has 3 N–H and O–H groups in total. The van der Waals surface area contributed by atoms with Crippen molar-refractivity contribution in [3.8, 4) is 0 Å². The molecule has 2 amide bonds. The summed E-state index contributed by atoms with van der Waals surface area (Å²) in [6.07, 6.45) is 0. The van der Waals surface area contributed by atoms with Gasteiger partial charge in [0.15, 0.2) is 0 Å². The molecule has 1 aromatic carbocycles. The quantitative estimate of drug-likeness (QED) is 0.729. The number of hydrogen-bond donors (Lipinski definition) is 3. The minimum absolute atomic E-state index is 0.0342. The number of aliphatic hydroxyl groups is 1. The maximum absolute atomic E-state index is 11.5. The number of anilines is 1. The average molecular weight is 315 g/mol. The van der Waals surface area contributed by atoms with Gasteiger partial charge in [-0.2, -0.15) is 0 Å². The Bertz CT molecular complexity index is 437. The molecule has 0 bridgehead atoms. The lowest BCUT2D eigenvalue weighted by Gasteiger charge is -2.09. The second-order valence-electron chi connectivity index (χ2n) is 3.96. The van der Waals surface area contributed by atoms with Crippen LogP contribution in [-0.2, 0) is 9.59 Å². The standard InChI is InChI=1S/C12H15BrN2O3/c1-8(7-16)6-14-11(17)12(18)15-10-4-2-3-9(13)5-10/h2-5,8,16H,6-7H2,1H3,(H,14,17)(H,15,18). The normalized spacial score (nSPS) is 11.7. The van der Waals surface area contributed by atoms with Crippen LogP contribution in [-0.4, -0.2) is 30.1 Å². The largest absolute Gasteiger partial charge is 0.396 e. The number of aliphatic hydroxyl groups excluding tert-OH is 1. The molecule has 0 radical (unpaired) electrons. The summed E-state index contributed by atoms with van der Waals surface area (Å²) in [7, 11) is 0. The van der Waals surface area contributed by atoms with Gasteiger partial charge in [-0.1, -0.05) is 28.9 Å². The van der Waals surface area contributed by atoms with Crippen LogP contribution in [0.25, 0.3) is 0 Å². The van der Waals surface area contributed by atoms with Crippen LogP contribution in [0.1, 0.15) is 6.92 Å². The summed E-state index contributed by atoms with van der Waals surface area (Å²) >= 11 is 3.27. The number of nitrogens with one attached hydrogen (secondary N) is 2. The molecule has 1 unspecified atom stereocenters. The van der Waals surface area contributed by atoms with Crippen molar-refractivity contribution in [2.75, 3.05) is 18.5 Å². The van der Waals surface area contributed by atoms with E-state index in [0.29, 0.717) is 5.69 Å². The van der Waals surface area contributed by atoms with Crippen molar-refractivity contribution in [2.45, 2.75) is 6.92 Å². The highest BCUT2D eigenvalue weighted by molar-refractivity contribution is 9.10. The number of rotatable bonds is 4. The van der Waals surface area contributed by atoms with Gasteiger partial charge >= 0.3 is 11.8 Å². The molecule has 0 saturated heterocycles. The fourth-order valence-electron chi connectivity index (χ4n) is 1.17. The van der Waals surface area contributed by atoms with E-state index in [9.17, 15) is 9.59 Å². The Kier molecular flexibility index (Phi) is 5.80. The molecule has 1 rings (SSSR count). The van der Waals surface area contributed by atoms with Crippen LogP contribution in [0.2, 0.25) is 0 Å². The topological polar surface area (TPSA) is 78.4 Å². The van der Waals surface area contributed by atoms with Gasteiger partial charge in [0.25, 0.3) is 0 Å². The first-order valence-electron chi connectivity index (χ1n) is 5.48. The van der Waals surface area contributed by atoms with Gasteiger partial charge in [0.1, 0.15) is 0 Å². The van der Waals surface area contributed by atoms with E-state index in [1.165, 1.54) is 0 Å². The van der Waals surface area contributed by atoms with Gasteiger partial charge in [0, 0.05) is 23.3 Å². The number of benzene rings is 1. The third-order valence-electron chi connectivity index (χ3n) is 2.21. The molecule has 6 heteroatoms. The second kappa shape index (κ2) is 7.13. The van der Waals surface area contributed by atoms with E-state index in [1.54, 1.807) is 25.1 Å². The SMILES string of the molecule is CC(CO)CNC(=O)C(=O)Nc1cccc(Br)c1. The first kappa shape index (κ1) is 14.7. The lowest BCUT2D eigenvalue weighted by molar-refractivity contribution is -0.136. The molecule has 5 nitrogen and oxygen atoms in total. The first-order chi connectivity index (χ1) is 8.52. The molecule has 0 aliphatic heterocycles. The molecule has 0 aliphatic rings. The van der Waals surface area contributed by atoms with Gasteiger partial charge in [-0.25, -0.2) is 0 Å². The highest BCUT2D eigenvalue weighted by Gasteiger charge is 2.14. The molecule has 0 fully saturated rings. The zero-order chi connectivity index (χ0) is 13.5. The van der Waals surface area contributed by atoms with Gasteiger partial charge < -0.3 is 15.7 Å². The van der Waals surface area contributed by atoms with Crippen LogP contribution in [0.4, 0.5) is 5.69 Å². The van der Waals surface area contributed by atoms with Gasteiger partial charge in [-0.15, -0.1) is 0 Å². The minimum Gasteiger partial charge on any atom is -0.396 e. The molecule has 1 atom stereocenters. The first-order valence-corrected chi connectivity index (χ1v) is 6.28. The zero-order valence-electron chi connectivity index (χ0n) is 9.94. The number of hydrogen-bond acceptors (Lipinski definition) is 3. The molecule has 0 heterocycles. The third-order valence-corrected chi connectivity index (χ3v) is 2.70. The van der Waals surface area contributed by atoms with E-state index in [2.05, 4.69) is 26.6 Å². The molecule has 0 spiro atoms. The smallest absolute Gasteiger partial charge is 0.313 e. The van der Waals surface area contributed by atoms with Crippen LogP contribution in [0.5, 0.6) is 0 Å². The molecule has 18 heavy (non-hydrogen) atoms. The predicted octanol–water partition coefficient (Wildman–Crippen LogP) is 1.13. The van der Waals surface area contributed by atoms with Crippen molar-refractivity contribution in [1.29, 1.82) is 0 Å². The van der Waals surface area contributed by atoms with Crippen molar-refractivity contribution in [3.63, 3.8) is 0 Å². The van der Waals surface area contributed by atoms with Crippen molar-refractivity contribution in [2.24, 2.45) is 5.92 Å². The molecule has 0 aliphatic carbocycles. The van der Waals surface area contributed by atoms with Crippen LogP contribution >= 0.6 is 15.9 Å². The number of carbonyl (C=O) groups excluding carboxylic acids is 2. The number of carbonyl (C=O) groups is 2. The summed E-state index contributed by atoms with van der Waals surface area (Å²) < 4.78 is 0.814. The Morgan fingerprint density at radius 3 is 2.72 bits per heavy atom. The molecule has 0 saturated carbocycles. The average Bonchev–Trinajstić information content (AvgIpc) is 2.35. The summed E-state index contributed by atoms with van der Waals surface area (Å²) in [6.45, 7) is 2.00. The van der Waals surface area contributed by atoms with Gasteiger partial charge in [-0.05, 0) is 24.1 Å². The Morgan fingerprint density at radius 2 is 2.11 bits per heavy atom. The molecular formula is C12H15BrN2O3. The lowest BCUT2D eigenvalue weighted by atomic mass is 10.2. The Balaban J connectivity index is 2.47. The van der Waals surface area contributed by atoms with Crippen LogP contribution < -0.4 is 10.6 Å². The van der Waals surface area contributed by atoms with E-state index in [4.69, 9.17) is 5.11 Å². The van der Waals surface area contributed by atoms with E-state index in [-0.39, 0.29) is 19.1 Å². The van der Waals surface area contributed by atoms with E-state index in [1.807, 2.05) is 6.07 Å². The fraction of sp³-hybridized carbons (Fsp3) is 0.333. The molecule has 1 aromatic rings. The predicted molar refractivity (Wildman–Crippen MR) is 72.0 cm³/mol. The summed E-state index contributed by atoms with van der Waals surface area (Å²) in [5.74, 6) is -1.51. The van der Waals surface area contributed by atoms with E-state index >= 15 is 0 Å². The summed E-state index contributed by atoms with van der Waals surface area (Å²) in [5, 5.41) is 13.7. The van der Waals surface area contributed by atoms with Gasteiger partial charge in [-0.3, -0.25) is 9.59 Å². The Labute approximate surface area is 114 Å². The molecule has 0 aromatic heterocycles. The third kappa shape index (κ3) is 4.85. The summed E-state index contributed by atoms with van der Waals surface area (Å²) in [6, 6.07) is 6.96. The van der Waals surface area contributed by atoms with Crippen LogP contribution in [0.3, 0.4) is 0 Å². The Morgan fingerprint density at radius 1 is 1.39 bits per heavy atom. The van der Waals surface area contributed by atoms with Crippen LogP contribution in [0, 0.1) is 5.92 Å². The van der Waals surface area contributed by atoms with Crippen molar-refractivity contribution >= 4 is 33.4 Å². The zero-order valence-corrected chi connectivity index (χ0v) is 11.5. The van der Waals surface area contributed by atoms with Crippen molar-refractivity contribution in [1.82, 2.24) is 5.32 Å². The van der Waals surface area contributed by atoms with E-state index < -0.39 is 11.8 Å². The number of halogens is 1.